The van der Waals surface area contributed by atoms with Crippen LogP contribution in [0.3, 0.4) is 0 Å². The lowest BCUT2D eigenvalue weighted by Crippen LogP contribution is -2.35. The highest BCUT2D eigenvalue weighted by Crippen LogP contribution is 2.48. The third kappa shape index (κ3) is 5.30. The number of hydrogen-bond donors (Lipinski definition) is 0. The Bertz CT molecular complexity index is 938. The molecule has 1 spiro atoms. The van der Waals surface area contributed by atoms with Crippen molar-refractivity contribution >= 4 is 37.3 Å². The van der Waals surface area contributed by atoms with E-state index in [1.165, 1.54) is 57.8 Å². The molecule has 1 aromatic heterocycles. The molecule has 0 atom stereocenters. The minimum absolute atomic E-state index is 0.243. The van der Waals surface area contributed by atoms with Crippen molar-refractivity contribution in [2.75, 3.05) is 13.1 Å². The number of aromatic nitrogens is 1. The Labute approximate surface area is 205 Å². The molecule has 5 heteroatoms. The molecule has 0 amide bonds. The minimum Gasteiger partial charge on any atom is -0.490 e. The molecular formula is C27H35IN2O2. The minimum atomic E-state index is 0.243. The Morgan fingerprint density at radius 1 is 1.00 bits per heavy atom. The Balaban J connectivity index is 1.17. The van der Waals surface area contributed by atoms with Gasteiger partial charge in [-0.2, -0.15) is 0 Å². The van der Waals surface area contributed by atoms with Gasteiger partial charge in [0.15, 0.2) is 3.79 Å². The van der Waals surface area contributed by atoms with Crippen molar-refractivity contribution < 1.29 is 9.53 Å². The SMILES string of the molecule is O=C(I)C1CCN(Cc2ccc3cc(OC4CCC5(CCCCC5)CC4)ccc3n2)CC1. The fraction of sp³-hybridized carbons (Fsp3) is 0.630. The lowest BCUT2D eigenvalue weighted by Gasteiger charge is -2.42. The van der Waals surface area contributed by atoms with Gasteiger partial charge < -0.3 is 4.74 Å². The zero-order chi connectivity index (χ0) is 22.0. The van der Waals surface area contributed by atoms with E-state index >= 15 is 0 Å². The van der Waals surface area contributed by atoms with Crippen LogP contribution in [-0.2, 0) is 11.3 Å². The predicted octanol–water partition coefficient (Wildman–Crippen LogP) is 6.68. The molecule has 3 aliphatic rings. The zero-order valence-electron chi connectivity index (χ0n) is 19.0. The number of nitrogens with zero attached hydrogens (tertiary/aromatic N) is 2. The van der Waals surface area contributed by atoms with Crippen molar-refractivity contribution in [3.05, 3.63) is 36.0 Å². The highest BCUT2D eigenvalue weighted by molar-refractivity contribution is 14.1. The second-order valence-corrected chi connectivity index (χ2v) is 11.5. The summed E-state index contributed by atoms with van der Waals surface area (Å²) in [4.78, 5) is 18.9. The van der Waals surface area contributed by atoms with Crippen molar-refractivity contribution in [1.82, 2.24) is 9.88 Å². The van der Waals surface area contributed by atoms with Crippen LogP contribution in [0.1, 0.15) is 76.3 Å². The molecule has 3 fully saturated rings. The van der Waals surface area contributed by atoms with Crippen LogP contribution in [0, 0.1) is 11.3 Å². The summed E-state index contributed by atoms with van der Waals surface area (Å²) in [6.45, 7) is 2.82. The lowest BCUT2D eigenvalue weighted by atomic mass is 9.65. The molecule has 2 aromatic rings. The fourth-order valence-electron chi connectivity index (χ4n) is 6.17. The number of piperidine rings is 1. The van der Waals surface area contributed by atoms with E-state index in [1.807, 2.05) is 22.6 Å². The van der Waals surface area contributed by atoms with Gasteiger partial charge in [0.1, 0.15) is 5.75 Å². The topological polar surface area (TPSA) is 42.4 Å². The first-order valence-electron chi connectivity index (χ1n) is 12.6. The molecule has 172 valence electrons. The number of fused-ring (bicyclic) bond motifs is 1. The summed E-state index contributed by atoms with van der Waals surface area (Å²) in [5.41, 5.74) is 2.79. The quantitative estimate of drug-likeness (QED) is 0.310. The van der Waals surface area contributed by atoms with E-state index in [1.54, 1.807) is 0 Å². The van der Waals surface area contributed by atoms with Crippen LogP contribution in [0.15, 0.2) is 30.3 Å². The Morgan fingerprint density at radius 3 is 2.47 bits per heavy atom. The molecule has 1 saturated heterocycles. The van der Waals surface area contributed by atoms with Crippen LogP contribution >= 0.6 is 22.6 Å². The van der Waals surface area contributed by atoms with Gasteiger partial charge in [0.05, 0.1) is 17.3 Å². The van der Waals surface area contributed by atoms with Gasteiger partial charge in [0.25, 0.3) is 0 Å². The molecule has 5 rings (SSSR count). The van der Waals surface area contributed by atoms with E-state index in [2.05, 4.69) is 35.2 Å². The molecule has 0 radical (unpaired) electrons. The van der Waals surface area contributed by atoms with E-state index < -0.39 is 0 Å². The summed E-state index contributed by atoms with van der Waals surface area (Å²) < 4.78 is 6.73. The molecule has 0 N–H and O–H groups in total. The van der Waals surface area contributed by atoms with Gasteiger partial charge in [0.2, 0.25) is 0 Å². The average Bonchev–Trinajstić information content (AvgIpc) is 2.82. The summed E-state index contributed by atoms with van der Waals surface area (Å²) >= 11 is 1.95. The largest absolute Gasteiger partial charge is 0.490 e. The maximum absolute atomic E-state index is 11.6. The van der Waals surface area contributed by atoms with Crippen molar-refractivity contribution in [1.29, 1.82) is 0 Å². The van der Waals surface area contributed by atoms with E-state index in [-0.39, 0.29) is 5.92 Å². The Hall–Kier alpha value is -1.21. The summed E-state index contributed by atoms with van der Waals surface area (Å²) in [5, 5.41) is 1.15. The van der Waals surface area contributed by atoms with E-state index in [9.17, 15) is 4.79 Å². The maximum atomic E-state index is 11.6. The average molecular weight is 546 g/mol. The molecule has 2 saturated carbocycles. The van der Waals surface area contributed by atoms with Crippen LogP contribution < -0.4 is 4.74 Å². The summed E-state index contributed by atoms with van der Waals surface area (Å²) in [5.74, 6) is 1.23. The molecule has 0 unspecified atom stereocenters. The van der Waals surface area contributed by atoms with Gasteiger partial charge in [-0.1, -0.05) is 25.3 Å². The van der Waals surface area contributed by atoms with Crippen molar-refractivity contribution in [3.63, 3.8) is 0 Å². The predicted molar refractivity (Wildman–Crippen MR) is 137 cm³/mol. The number of benzene rings is 1. The number of carbonyl (C=O) groups excluding carboxylic acids is 1. The summed E-state index contributed by atoms with van der Waals surface area (Å²) in [6.07, 6.45) is 14.6. The molecule has 1 aromatic carbocycles. The first kappa shape index (κ1) is 22.6. The van der Waals surface area contributed by atoms with Gasteiger partial charge in [-0.3, -0.25) is 14.7 Å². The van der Waals surface area contributed by atoms with E-state index in [4.69, 9.17) is 9.72 Å². The summed E-state index contributed by atoms with van der Waals surface area (Å²) in [7, 11) is 0. The molecule has 1 aliphatic heterocycles. The standard InChI is InChI=1S/C27H35IN2O2/c28-26(31)20-10-16-30(17-11-20)19-22-5-4-21-18-24(6-7-25(21)29-22)32-23-8-14-27(15-9-23)12-2-1-3-13-27/h4-7,18,20,23H,1-3,8-17,19H2. The van der Waals surface area contributed by atoms with Crippen molar-refractivity contribution in [2.45, 2.75) is 83.3 Å². The third-order valence-electron chi connectivity index (χ3n) is 8.22. The highest BCUT2D eigenvalue weighted by Gasteiger charge is 2.36. The molecule has 32 heavy (non-hydrogen) atoms. The monoisotopic (exact) mass is 546 g/mol. The first-order chi connectivity index (χ1) is 15.6. The molecule has 2 aliphatic carbocycles. The van der Waals surface area contributed by atoms with Gasteiger partial charge in [-0.15, -0.1) is 0 Å². The highest BCUT2D eigenvalue weighted by atomic mass is 127. The second-order valence-electron chi connectivity index (χ2n) is 10.4. The zero-order valence-corrected chi connectivity index (χ0v) is 21.2. The van der Waals surface area contributed by atoms with Crippen molar-refractivity contribution in [3.8, 4) is 5.75 Å². The van der Waals surface area contributed by atoms with Gasteiger partial charge in [-0.05, 0) is 117 Å². The van der Waals surface area contributed by atoms with Gasteiger partial charge >= 0.3 is 0 Å². The molecule has 4 nitrogen and oxygen atoms in total. The number of carbonyl (C=O) groups is 1. The molecule has 0 bridgehead atoms. The van der Waals surface area contributed by atoms with Crippen molar-refractivity contribution in [2.24, 2.45) is 11.3 Å². The number of hydrogen-bond acceptors (Lipinski definition) is 4. The molecule has 2 heterocycles. The molecular weight excluding hydrogens is 511 g/mol. The maximum Gasteiger partial charge on any atom is 0.195 e. The van der Waals surface area contributed by atoms with Crippen LogP contribution in [0.2, 0.25) is 0 Å². The summed E-state index contributed by atoms with van der Waals surface area (Å²) in [6, 6.07) is 10.7. The normalized spacial score (nSPS) is 22.9. The first-order valence-corrected chi connectivity index (χ1v) is 13.6. The van der Waals surface area contributed by atoms with Crippen LogP contribution in [-0.4, -0.2) is 32.9 Å². The Morgan fingerprint density at radius 2 is 1.75 bits per heavy atom. The lowest BCUT2D eigenvalue weighted by molar-refractivity contribution is -0.114. The van der Waals surface area contributed by atoms with Crippen LogP contribution in [0.5, 0.6) is 5.75 Å². The third-order valence-corrected chi connectivity index (χ3v) is 9.10. The number of ether oxygens (including phenoxy) is 1. The number of halogens is 1. The number of rotatable bonds is 5. The van der Waals surface area contributed by atoms with E-state index in [0.29, 0.717) is 15.3 Å². The van der Waals surface area contributed by atoms with Crippen LogP contribution in [0.25, 0.3) is 10.9 Å². The number of likely N-dealkylation sites (tertiary alicyclic amines) is 1. The van der Waals surface area contributed by atoms with E-state index in [0.717, 1.165) is 54.8 Å². The van der Waals surface area contributed by atoms with Crippen LogP contribution in [0.4, 0.5) is 0 Å². The second kappa shape index (κ2) is 9.96. The fourth-order valence-corrected chi connectivity index (χ4v) is 6.79. The Kier molecular flexibility index (Phi) is 7.03. The van der Waals surface area contributed by atoms with Gasteiger partial charge in [-0.25, -0.2) is 0 Å². The van der Waals surface area contributed by atoms with Gasteiger partial charge in [0, 0.05) is 17.8 Å². The number of pyridine rings is 1. The smallest absolute Gasteiger partial charge is 0.195 e.